The Morgan fingerprint density at radius 3 is 2.04 bits per heavy atom. The molecule has 1 saturated carbocycles. The Kier molecular flexibility index (Phi) is 12.0. The number of benzene rings is 1. The van der Waals surface area contributed by atoms with Crippen molar-refractivity contribution in [1.29, 1.82) is 0 Å². The van der Waals surface area contributed by atoms with Crippen LogP contribution in [0.2, 0.25) is 0 Å². The predicted octanol–water partition coefficient (Wildman–Crippen LogP) is 2.83. The van der Waals surface area contributed by atoms with Crippen LogP contribution in [0.5, 0.6) is 5.75 Å². The number of amides is 5. The van der Waals surface area contributed by atoms with E-state index in [-0.39, 0.29) is 36.0 Å². The number of nitrogens with zero attached hydrogens (tertiary/aromatic N) is 1. The zero-order valence-corrected chi connectivity index (χ0v) is 28.3. The second-order valence-corrected chi connectivity index (χ2v) is 14.4. The summed E-state index contributed by atoms with van der Waals surface area (Å²) in [7, 11) is 1.53. The number of nitrogens with two attached hydrogens (primary N) is 1. The first kappa shape index (κ1) is 36.5. The van der Waals surface area contributed by atoms with Crippen LogP contribution < -0.4 is 26.4 Å². The molecule has 1 aromatic rings. The van der Waals surface area contributed by atoms with E-state index in [1.54, 1.807) is 45.0 Å². The van der Waals surface area contributed by atoms with E-state index in [9.17, 15) is 28.8 Å². The summed E-state index contributed by atoms with van der Waals surface area (Å²) in [4.78, 5) is 80.4. The minimum Gasteiger partial charge on any atom is -0.497 e. The molecule has 2 aliphatic rings. The zero-order chi connectivity index (χ0) is 34.5. The largest absolute Gasteiger partial charge is 0.497 e. The minimum absolute atomic E-state index is 0.00434. The molecule has 1 saturated heterocycles. The van der Waals surface area contributed by atoms with Gasteiger partial charge in [-0.15, -0.1) is 0 Å². The maximum Gasteiger partial charge on any atom is 0.316 e. The monoisotopic (exact) mass is 641 g/mol. The lowest BCUT2D eigenvalue weighted by Gasteiger charge is -2.36. The lowest BCUT2D eigenvalue weighted by Crippen LogP contribution is -2.61. The molecule has 1 unspecified atom stereocenters. The quantitative estimate of drug-likeness (QED) is 0.178. The van der Waals surface area contributed by atoms with E-state index >= 15 is 0 Å². The molecule has 5 amide bonds. The summed E-state index contributed by atoms with van der Waals surface area (Å²) >= 11 is 0. The topological polar surface area (TPSA) is 177 Å². The Balaban J connectivity index is 1.81. The SMILES string of the molecule is COc1ccc(C(=O)[C@@H](NC(=O)N[C@H](C(=O)N2C[C@H](C(C)C)C[C@H]2C(=O)NC(CC2CC2)C(=O)C(N)=O)C(C)(C)C)C(C)C)cc1. The molecule has 46 heavy (non-hydrogen) atoms. The number of hydrogen-bond acceptors (Lipinski definition) is 7. The molecule has 0 bridgehead atoms. The number of Topliss-reactive ketones (excluding diaryl/α,β-unsaturated/α-hetero) is 2. The van der Waals surface area contributed by atoms with Crippen LogP contribution in [-0.4, -0.2) is 78.0 Å². The van der Waals surface area contributed by atoms with Crippen molar-refractivity contribution in [3.05, 3.63) is 29.8 Å². The highest BCUT2D eigenvalue weighted by atomic mass is 16.5. The fourth-order valence-electron chi connectivity index (χ4n) is 5.80. The second-order valence-electron chi connectivity index (χ2n) is 14.4. The van der Waals surface area contributed by atoms with Gasteiger partial charge < -0.3 is 31.3 Å². The number of rotatable bonds is 14. The highest BCUT2D eigenvalue weighted by molar-refractivity contribution is 6.37. The van der Waals surface area contributed by atoms with Crippen molar-refractivity contribution in [3.63, 3.8) is 0 Å². The number of carbonyl (C=O) groups excluding carboxylic acids is 6. The molecule has 1 heterocycles. The first-order chi connectivity index (χ1) is 21.4. The van der Waals surface area contributed by atoms with Crippen LogP contribution in [-0.2, 0) is 19.2 Å². The number of likely N-dealkylation sites (tertiary alicyclic amines) is 1. The molecule has 1 aliphatic heterocycles. The average molecular weight is 642 g/mol. The third-order valence-corrected chi connectivity index (χ3v) is 9.00. The predicted molar refractivity (Wildman–Crippen MR) is 173 cm³/mol. The first-order valence-corrected chi connectivity index (χ1v) is 16.1. The lowest BCUT2D eigenvalue weighted by molar-refractivity contribution is -0.143. The molecule has 2 fully saturated rings. The van der Waals surface area contributed by atoms with Gasteiger partial charge in [0.2, 0.25) is 17.6 Å². The van der Waals surface area contributed by atoms with Crippen LogP contribution in [0, 0.1) is 29.1 Å². The number of ketones is 2. The van der Waals surface area contributed by atoms with Crippen molar-refractivity contribution in [2.24, 2.45) is 34.8 Å². The highest BCUT2D eigenvalue weighted by Crippen LogP contribution is 2.35. The Morgan fingerprint density at radius 1 is 0.957 bits per heavy atom. The maximum atomic E-state index is 14.2. The molecule has 0 aromatic heterocycles. The molecule has 0 radical (unpaired) electrons. The standard InChI is InChI=1S/C34H51N5O7/c1-18(2)22-16-25(31(43)36-24(15-20-9-10-20)28(41)30(35)42)39(17-22)32(44)29(34(5,6)7)38-33(45)37-26(19(3)4)27(40)21-11-13-23(46-8)14-12-21/h11-14,18-20,22,24-26,29H,9-10,15-17H2,1-8H3,(H2,35,42)(H,36,43)(H2,37,38,45)/t22-,24?,25+,26+,29-/m1/s1. The summed E-state index contributed by atoms with van der Waals surface area (Å²) in [6.07, 6.45) is 2.50. The number of nitrogens with one attached hydrogen (secondary N) is 3. The number of methoxy groups -OCH3 is 1. The van der Waals surface area contributed by atoms with Crippen molar-refractivity contribution in [2.75, 3.05) is 13.7 Å². The van der Waals surface area contributed by atoms with Gasteiger partial charge in [0, 0.05) is 12.1 Å². The summed E-state index contributed by atoms with van der Waals surface area (Å²) in [6, 6.07) is 2.04. The molecule has 3 rings (SSSR count). The van der Waals surface area contributed by atoms with E-state index in [1.165, 1.54) is 12.0 Å². The van der Waals surface area contributed by atoms with Crippen LogP contribution in [0.3, 0.4) is 0 Å². The van der Waals surface area contributed by atoms with E-state index in [0.717, 1.165) is 12.8 Å². The molecule has 12 heteroatoms. The van der Waals surface area contributed by atoms with Crippen LogP contribution in [0.25, 0.3) is 0 Å². The number of urea groups is 1. The summed E-state index contributed by atoms with van der Waals surface area (Å²) in [5.41, 5.74) is 4.91. The molecule has 5 N–H and O–H groups in total. The maximum absolute atomic E-state index is 14.2. The van der Waals surface area contributed by atoms with Crippen molar-refractivity contribution in [3.8, 4) is 5.75 Å². The van der Waals surface area contributed by atoms with Gasteiger partial charge >= 0.3 is 6.03 Å². The van der Waals surface area contributed by atoms with Crippen molar-refractivity contribution in [1.82, 2.24) is 20.9 Å². The van der Waals surface area contributed by atoms with Gasteiger partial charge in [0.05, 0.1) is 19.2 Å². The van der Waals surface area contributed by atoms with Gasteiger partial charge in [-0.2, -0.15) is 0 Å². The van der Waals surface area contributed by atoms with Gasteiger partial charge in [-0.1, -0.05) is 61.3 Å². The van der Waals surface area contributed by atoms with Gasteiger partial charge in [0.15, 0.2) is 5.78 Å². The summed E-state index contributed by atoms with van der Waals surface area (Å²) in [5, 5.41) is 8.28. The lowest BCUT2D eigenvalue weighted by atomic mass is 9.85. The van der Waals surface area contributed by atoms with Gasteiger partial charge in [-0.25, -0.2) is 4.79 Å². The van der Waals surface area contributed by atoms with Crippen LogP contribution in [0.15, 0.2) is 24.3 Å². The van der Waals surface area contributed by atoms with E-state index in [2.05, 4.69) is 16.0 Å². The Morgan fingerprint density at radius 2 is 1.57 bits per heavy atom. The smallest absolute Gasteiger partial charge is 0.316 e. The Labute approximate surface area is 271 Å². The molecule has 254 valence electrons. The van der Waals surface area contributed by atoms with E-state index in [0.29, 0.717) is 24.2 Å². The first-order valence-electron chi connectivity index (χ1n) is 16.1. The van der Waals surface area contributed by atoms with Crippen molar-refractivity contribution in [2.45, 2.75) is 98.3 Å². The molecule has 5 atom stereocenters. The van der Waals surface area contributed by atoms with Crippen LogP contribution >= 0.6 is 0 Å². The molecular weight excluding hydrogens is 590 g/mol. The number of ether oxygens (including phenoxy) is 1. The number of primary amides is 1. The molecular formula is C34H51N5O7. The fourth-order valence-corrected chi connectivity index (χ4v) is 5.80. The fraction of sp³-hybridized carbons (Fsp3) is 0.647. The molecule has 1 aromatic carbocycles. The normalized spacial score (nSPS) is 20.1. The minimum atomic E-state index is -1.11. The third kappa shape index (κ3) is 9.29. The van der Waals surface area contributed by atoms with Gasteiger partial charge in [0.1, 0.15) is 17.8 Å². The Hall–Kier alpha value is -3.96. The summed E-state index contributed by atoms with van der Waals surface area (Å²) < 4.78 is 5.17. The summed E-state index contributed by atoms with van der Waals surface area (Å²) in [6.45, 7) is 13.4. The van der Waals surface area contributed by atoms with Crippen LogP contribution in [0.4, 0.5) is 4.79 Å². The molecule has 12 nitrogen and oxygen atoms in total. The van der Waals surface area contributed by atoms with Crippen molar-refractivity contribution < 1.29 is 33.5 Å². The number of carbonyl (C=O) groups is 6. The van der Waals surface area contributed by atoms with Gasteiger partial charge in [-0.3, -0.25) is 24.0 Å². The summed E-state index contributed by atoms with van der Waals surface area (Å²) in [5.74, 6) is -2.50. The Bertz CT molecular complexity index is 1300. The second kappa shape index (κ2) is 15.1. The van der Waals surface area contributed by atoms with E-state index in [1.807, 2.05) is 27.7 Å². The third-order valence-electron chi connectivity index (χ3n) is 9.00. The molecule has 1 aliphatic carbocycles. The van der Waals surface area contributed by atoms with Crippen molar-refractivity contribution >= 4 is 35.3 Å². The zero-order valence-electron chi connectivity index (χ0n) is 28.3. The van der Waals surface area contributed by atoms with E-state index < -0.39 is 59.1 Å². The molecule has 0 spiro atoms. The van der Waals surface area contributed by atoms with Crippen LogP contribution in [0.1, 0.15) is 84.5 Å². The van der Waals surface area contributed by atoms with Gasteiger partial charge in [-0.05, 0) is 66.2 Å². The highest BCUT2D eigenvalue weighted by Gasteiger charge is 2.46. The average Bonchev–Trinajstić information content (AvgIpc) is 3.69. The number of hydrogen-bond donors (Lipinski definition) is 4. The van der Waals surface area contributed by atoms with E-state index in [4.69, 9.17) is 10.5 Å². The van der Waals surface area contributed by atoms with Gasteiger partial charge in [0.25, 0.3) is 5.91 Å².